The van der Waals surface area contributed by atoms with Gasteiger partial charge < -0.3 is 5.32 Å². The van der Waals surface area contributed by atoms with Gasteiger partial charge in [0.25, 0.3) is 16.1 Å². The van der Waals surface area contributed by atoms with Gasteiger partial charge in [0.2, 0.25) is 0 Å². The van der Waals surface area contributed by atoms with Gasteiger partial charge in [0.15, 0.2) is 0 Å². The summed E-state index contributed by atoms with van der Waals surface area (Å²) in [5.74, 6) is 0.263. The number of nitrogens with one attached hydrogen (secondary N) is 1. The van der Waals surface area contributed by atoms with Crippen molar-refractivity contribution < 1.29 is 13.2 Å². The van der Waals surface area contributed by atoms with Crippen molar-refractivity contribution in [2.45, 2.75) is 38.6 Å². The Bertz CT molecular complexity index is 687. The van der Waals surface area contributed by atoms with Gasteiger partial charge in [-0.25, -0.2) is 0 Å². The van der Waals surface area contributed by atoms with Crippen molar-refractivity contribution in [1.82, 2.24) is 18.9 Å². The zero-order chi connectivity index (χ0) is 17.9. The highest BCUT2D eigenvalue weighted by atomic mass is 32.2. The molecular formula is C17H26N4O3S. The minimum Gasteiger partial charge on any atom is -0.349 e. The average Bonchev–Trinajstić information content (AvgIpc) is 2.63. The van der Waals surface area contributed by atoms with Gasteiger partial charge in [0, 0.05) is 44.6 Å². The van der Waals surface area contributed by atoms with Crippen LogP contribution in [0.4, 0.5) is 0 Å². The fraction of sp³-hybridized carbons (Fsp3) is 0.647. The molecule has 0 spiro atoms. The molecule has 1 aromatic rings. The molecule has 0 unspecified atom stereocenters. The summed E-state index contributed by atoms with van der Waals surface area (Å²) in [5, 5.41) is 2.98. The van der Waals surface area contributed by atoms with Crippen LogP contribution in [0.1, 0.15) is 43.0 Å². The summed E-state index contributed by atoms with van der Waals surface area (Å²) in [6.07, 6.45) is 6.45. The van der Waals surface area contributed by atoms with Crippen LogP contribution in [0.5, 0.6) is 0 Å². The van der Waals surface area contributed by atoms with Gasteiger partial charge in [-0.15, -0.1) is 0 Å². The van der Waals surface area contributed by atoms with E-state index in [4.69, 9.17) is 0 Å². The lowest BCUT2D eigenvalue weighted by molar-refractivity contribution is 0.0922. The molecule has 1 N–H and O–H groups in total. The van der Waals surface area contributed by atoms with Gasteiger partial charge >= 0.3 is 0 Å². The average molecular weight is 366 g/mol. The zero-order valence-corrected chi connectivity index (χ0v) is 15.4. The van der Waals surface area contributed by atoms with Crippen LogP contribution in [0.25, 0.3) is 0 Å². The molecule has 3 heterocycles. The number of piperidine rings is 2. The first-order valence-corrected chi connectivity index (χ1v) is 10.3. The van der Waals surface area contributed by atoms with E-state index < -0.39 is 10.2 Å². The molecule has 0 saturated carbocycles. The number of carbonyl (C=O) groups is 1. The van der Waals surface area contributed by atoms with E-state index in [1.54, 1.807) is 26.9 Å². The molecule has 138 valence electrons. The minimum absolute atomic E-state index is 0.000523. The second kappa shape index (κ2) is 7.80. The number of nitrogens with zero attached hydrogens (tertiary/aromatic N) is 3. The Labute approximate surface area is 149 Å². The Kier molecular flexibility index (Phi) is 5.71. The van der Waals surface area contributed by atoms with Crippen molar-refractivity contribution in [2.24, 2.45) is 5.92 Å². The van der Waals surface area contributed by atoms with Crippen molar-refractivity contribution >= 4 is 16.1 Å². The van der Waals surface area contributed by atoms with E-state index in [1.165, 1.54) is 6.20 Å². The van der Waals surface area contributed by atoms with Crippen LogP contribution in [0.3, 0.4) is 0 Å². The third-order valence-electron chi connectivity index (χ3n) is 4.99. The molecule has 1 amide bonds. The molecule has 1 atom stereocenters. The number of amides is 1. The molecule has 2 aliphatic rings. The summed E-state index contributed by atoms with van der Waals surface area (Å²) in [5.41, 5.74) is 0.528. The third kappa shape index (κ3) is 4.37. The Hall–Kier alpha value is -1.51. The second-order valence-corrected chi connectivity index (χ2v) is 8.93. The highest BCUT2D eigenvalue weighted by Crippen LogP contribution is 2.23. The van der Waals surface area contributed by atoms with Gasteiger partial charge in [-0.3, -0.25) is 9.78 Å². The molecule has 3 rings (SSSR count). The van der Waals surface area contributed by atoms with Crippen LogP contribution in [0, 0.1) is 5.92 Å². The Balaban J connectivity index is 1.54. The van der Waals surface area contributed by atoms with Crippen molar-refractivity contribution in [3.63, 3.8) is 0 Å². The molecule has 0 aromatic carbocycles. The van der Waals surface area contributed by atoms with Crippen LogP contribution < -0.4 is 5.32 Å². The van der Waals surface area contributed by atoms with E-state index in [1.807, 2.05) is 0 Å². The largest absolute Gasteiger partial charge is 0.349 e. The molecule has 0 bridgehead atoms. The summed E-state index contributed by atoms with van der Waals surface area (Å²) < 4.78 is 28.8. The number of rotatable bonds is 4. The molecule has 1 aromatic heterocycles. The van der Waals surface area contributed by atoms with Crippen LogP contribution in [-0.2, 0) is 10.2 Å². The fourth-order valence-electron chi connectivity index (χ4n) is 3.52. The first kappa shape index (κ1) is 18.3. The minimum atomic E-state index is -3.38. The van der Waals surface area contributed by atoms with E-state index in [9.17, 15) is 13.2 Å². The van der Waals surface area contributed by atoms with Crippen molar-refractivity contribution in [2.75, 3.05) is 26.2 Å². The van der Waals surface area contributed by atoms with E-state index in [0.717, 1.165) is 12.8 Å². The highest BCUT2D eigenvalue weighted by Gasteiger charge is 2.35. The summed E-state index contributed by atoms with van der Waals surface area (Å²) in [4.78, 5) is 16.1. The topological polar surface area (TPSA) is 82.6 Å². The molecule has 8 heteroatoms. The van der Waals surface area contributed by atoms with Gasteiger partial charge in [0.05, 0.1) is 5.56 Å². The van der Waals surface area contributed by atoms with Crippen molar-refractivity contribution in [1.29, 1.82) is 0 Å². The zero-order valence-electron chi connectivity index (χ0n) is 14.6. The van der Waals surface area contributed by atoms with Gasteiger partial charge in [-0.1, -0.05) is 6.92 Å². The number of hydrogen-bond acceptors (Lipinski definition) is 4. The van der Waals surface area contributed by atoms with Crippen LogP contribution in [0.2, 0.25) is 0 Å². The normalized spacial score (nSPS) is 24.1. The summed E-state index contributed by atoms with van der Waals surface area (Å²) in [7, 11) is -3.38. The smallest absolute Gasteiger partial charge is 0.281 e. The molecule has 0 aliphatic carbocycles. The summed E-state index contributed by atoms with van der Waals surface area (Å²) >= 11 is 0. The maximum Gasteiger partial charge on any atom is 0.281 e. The molecule has 2 saturated heterocycles. The van der Waals surface area contributed by atoms with E-state index in [-0.39, 0.29) is 11.9 Å². The van der Waals surface area contributed by atoms with Gasteiger partial charge in [-0.2, -0.15) is 17.0 Å². The standard InChI is InChI=1S/C17H26N4O3S/c1-14-4-3-9-21(13-14)25(23,24)20-10-6-16(7-11-20)19-17(22)15-5-2-8-18-12-15/h2,5,8,12,14,16H,3-4,6-7,9-11,13H2,1H3,(H,19,22)/t14-/m0/s1. The monoisotopic (exact) mass is 366 g/mol. The molecule has 2 fully saturated rings. The van der Waals surface area contributed by atoms with E-state index >= 15 is 0 Å². The SMILES string of the molecule is C[C@H]1CCCN(S(=O)(=O)N2CCC(NC(=O)c3cccnc3)CC2)C1. The van der Waals surface area contributed by atoms with Crippen LogP contribution in [-0.4, -0.2) is 60.1 Å². The maximum absolute atomic E-state index is 12.8. The number of carbonyl (C=O) groups excluding carboxylic acids is 1. The maximum atomic E-state index is 12.8. The van der Waals surface area contributed by atoms with Crippen LogP contribution in [0.15, 0.2) is 24.5 Å². The molecule has 7 nitrogen and oxygen atoms in total. The first-order valence-electron chi connectivity index (χ1n) is 8.93. The Morgan fingerprint density at radius 1 is 1.20 bits per heavy atom. The van der Waals surface area contributed by atoms with Crippen molar-refractivity contribution in [3.05, 3.63) is 30.1 Å². The lowest BCUT2D eigenvalue weighted by atomic mass is 10.0. The first-order chi connectivity index (χ1) is 12.0. The highest BCUT2D eigenvalue weighted by molar-refractivity contribution is 7.86. The predicted molar refractivity (Wildman–Crippen MR) is 95.2 cm³/mol. The molecule has 0 radical (unpaired) electrons. The second-order valence-electron chi connectivity index (χ2n) is 7.00. The van der Waals surface area contributed by atoms with E-state index in [2.05, 4.69) is 17.2 Å². The lowest BCUT2D eigenvalue weighted by Crippen LogP contribution is -2.52. The summed E-state index contributed by atoms with van der Waals surface area (Å²) in [6, 6.07) is 3.45. The Morgan fingerprint density at radius 2 is 1.96 bits per heavy atom. The lowest BCUT2D eigenvalue weighted by Gasteiger charge is -2.37. The third-order valence-corrected chi connectivity index (χ3v) is 6.99. The van der Waals surface area contributed by atoms with Crippen molar-refractivity contribution in [3.8, 4) is 0 Å². The molecule has 25 heavy (non-hydrogen) atoms. The van der Waals surface area contributed by atoms with Gasteiger partial charge in [0.1, 0.15) is 0 Å². The van der Waals surface area contributed by atoms with E-state index in [0.29, 0.717) is 50.5 Å². The predicted octanol–water partition coefficient (Wildman–Crippen LogP) is 1.25. The van der Waals surface area contributed by atoms with Gasteiger partial charge in [-0.05, 0) is 43.7 Å². The fourth-order valence-corrected chi connectivity index (χ4v) is 5.32. The molecule has 2 aliphatic heterocycles. The number of aromatic nitrogens is 1. The van der Waals surface area contributed by atoms with Crippen LogP contribution >= 0.6 is 0 Å². The summed E-state index contributed by atoms with van der Waals surface area (Å²) in [6.45, 7) is 4.22. The molecular weight excluding hydrogens is 340 g/mol. The number of hydrogen-bond donors (Lipinski definition) is 1. The quantitative estimate of drug-likeness (QED) is 0.869. The Morgan fingerprint density at radius 3 is 2.60 bits per heavy atom. The number of pyridine rings is 1.